The third-order valence-electron chi connectivity index (χ3n) is 3.84. The zero-order valence-electron chi connectivity index (χ0n) is 12.8. The van der Waals surface area contributed by atoms with Gasteiger partial charge in [-0.25, -0.2) is 13.1 Å². The van der Waals surface area contributed by atoms with Crippen molar-refractivity contribution < 1.29 is 8.42 Å². The number of benzene rings is 1. The first-order chi connectivity index (χ1) is 9.77. The van der Waals surface area contributed by atoms with E-state index in [2.05, 4.69) is 17.0 Å². The highest BCUT2D eigenvalue weighted by molar-refractivity contribution is 7.89. The first-order valence-electron chi connectivity index (χ1n) is 7.31. The van der Waals surface area contributed by atoms with Crippen molar-refractivity contribution in [3.63, 3.8) is 0 Å². The van der Waals surface area contributed by atoms with Crippen LogP contribution in [0, 0.1) is 6.92 Å². The average Bonchev–Trinajstić information content (AvgIpc) is 3.09. The van der Waals surface area contributed by atoms with Crippen molar-refractivity contribution in [2.45, 2.75) is 57.0 Å². The molecule has 1 aliphatic carbocycles. The van der Waals surface area contributed by atoms with Crippen LogP contribution in [0.3, 0.4) is 0 Å². The number of hydrogen-bond acceptors (Lipinski definition) is 3. The largest absolute Gasteiger partial charge is 0.313 e. The molecule has 0 amide bonds. The van der Waals surface area contributed by atoms with E-state index >= 15 is 0 Å². The summed E-state index contributed by atoms with van der Waals surface area (Å²) in [5.74, 6) is 0. The topological polar surface area (TPSA) is 58.2 Å². The summed E-state index contributed by atoms with van der Waals surface area (Å²) in [6.07, 6.45) is 2.80. The lowest BCUT2D eigenvalue weighted by atomic mass is 10.1. The molecule has 0 unspecified atom stereocenters. The van der Waals surface area contributed by atoms with Gasteiger partial charge < -0.3 is 5.32 Å². The van der Waals surface area contributed by atoms with Gasteiger partial charge in [0.1, 0.15) is 0 Å². The summed E-state index contributed by atoms with van der Waals surface area (Å²) >= 11 is 6.11. The molecule has 0 saturated heterocycles. The predicted octanol–water partition coefficient (Wildman–Crippen LogP) is 2.98. The Labute approximate surface area is 132 Å². The van der Waals surface area contributed by atoms with E-state index in [4.69, 9.17) is 11.6 Å². The van der Waals surface area contributed by atoms with Gasteiger partial charge in [-0.15, -0.1) is 0 Å². The first-order valence-corrected chi connectivity index (χ1v) is 9.17. The maximum absolute atomic E-state index is 12.6. The summed E-state index contributed by atoms with van der Waals surface area (Å²) in [4.78, 5) is 0.288. The fraction of sp³-hybridized carbons (Fsp3) is 0.600. The number of sulfonamides is 1. The lowest BCUT2D eigenvalue weighted by Gasteiger charge is -2.17. The molecule has 1 fully saturated rings. The van der Waals surface area contributed by atoms with Crippen molar-refractivity contribution in [2.24, 2.45) is 0 Å². The van der Waals surface area contributed by atoms with Crippen molar-refractivity contribution >= 4 is 21.6 Å². The highest BCUT2D eigenvalue weighted by Gasteiger charge is 2.41. The summed E-state index contributed by atoms with van der Waals surface area (Å²) in [5, 5.41) is 3.74. The van der Waals surface area contributed by atoms with Crippen LogP contribution >= 0.6 is 11.6 Å². The molecule has 4 nitrogen and oxygen atoms in total. The van der Waals surface area contributed by atoms with Crippen molar-refractivity contribution in [1.82, 2.24) is 10.0 Å². The van der Waals surface area contributed by atoms with E-state index in [1.165, 1.54) is 6.07 Å². The highest BCUT2D eigenvalue weighted by atomic mass is 35.5. The van der Waals surface area contributed by atoms with Gasteiger partial charge in [0.25, 0.3) is 0 Å². The molecule has 1 aromatic rings. The highest BCUT2D eigenvalue weighted by Crippen LogP contribution is 2.36. The minimum Gasteiger partial charge on any atom is -0.313 e. The van der Waals surface area contributed by atoms with Crippen LogP contribution < -0.4 is 10.0 Å². The van der Waals surface area contributed by atoms with Crippen LogP contribution in [0.5, 0.6) is 0 Å². The van der Waals surface area contributed by atoms with Crippen LogP contribution in [0.25, 0.3) is 0 Å². The van der Waals surface area contributed by atoms with Gasteiger partial charge in [0.15, 0.2) is 0 Å². The molecule has 0 radical (unpaired) electrons. The first kappa shape index (κ1) is 16.7. The molecule has 1 saturated carbocycles. The molecule has 1 aliphatic rings. The van der Waals surface area contributed by atoms with Gasteiger partial charge in [-0.05, 0) is 62.9 Å². The minimum atomic E-state index is -3.52. The lowest BCUT2D eigenvalue weighted by Crippen LogP contribution is -2.34. The van der Waals surface area contributed by atoms with Gasteiger partial charge in [0.05, 0.1) is 4.90 Å². The molecule has 6 heteroatoms. The second-order valence-electron chi connectivity index (χ2n) is 6.03. The summed E-state index contributed by atoms with van der Waals surface area (Å²) in [7, 11) is -3.52. The Kier molecular flexibility index (Phi) is 4.98. The summed E-state index contributed by atoms with van der Waals surface area (Å²) in [5.41, 5.74) is 1.41. The third-order valence-corrected chi connectivity index (χ3v) is 5.83. The minimum absolute atomic E-state index is 0.284. The fourth-order valence-electron chi connectivity index (χ4n) is 2.24. The van der Waals surface area contributed by atoms with Gasteiger partial charge in [-0.3, -0.25) is 0 Å². The van der Waals surface area contributed by atoms with Crippen LogP contribution in [0.4, 0.5) is 0 Å². The Bertz CT molecular complexity index is 625. The van der Waals surface area contributed by atoms with Crippen LogP contribution in [-0.4, -0.2) is 20.5 Å². The summed E-state index contributed by atoms with van der Waals surface area (Å²) in [6.45, 7) is 7.37. The second-order valence-corrected chi connectivity index (χ2v) is 8.12. The maximum Gasteiger partial charge on any atom is 0.241 e. The van der Waals surface area contributed by atoms with Crippen molar-refractivity contribution in [3.05, 3.63) is 28.3 Å². The van der Waals surface area contributed by atoms with E-state index < -0.39 is 10.0 Å². The monoisotopic (exact) mass is 330 g/mol. The second kappa shape index (κ2) is 6.24. The molecule has 118 valence electrons. The van der Waals surface area contributed by atoms with Crippen molar-refractivity contribution in [2.75, 3.05) is 6.54 Å². The van der Waals surface area contributed by atoms with Gasteiger partial charge in [-0.2, -0.15) is 0 Å². The molecule has 0 bridgehead atoms. The summed E-state index contributed by atoms with van der Waals surface area (Å²) in [6, 6.07) is 3.37. The zero-order chi connectivity index (χ0) is 15.7. The molecule has 0 atom stereocenters. The number of halogens is 1. The van der Waals surface area contributed by atoms with Crippen LogP contribution in [0.15, 0.2) is 17.0 Å². The third kappa shape index (κ3) is 4.19. The van der Waals surface area contributed by atoms with E-state index in [1.54, 1.807) is 0 Å². The standard InChI is InChI=1S/C15H23ClN2O2S/c1-4-7-17-10-12-8-13(16)9-14(11(12)2)21(19,20)18-15(3)5-6-15/h8-9,17-18H,4-7,10H2,1-3H3. The summed E-state index contributed by atoms with van der Waals surface area (Å²) < 4.78 is 27.9. The van der Waals surface area contributed by atoms with E-state index in [9.17, 15) is 8.42 Å². The quantitative estimate of drug-likeness (QED) is 0.756. The molecular formula is C15H23ClN2O2S. The Balaban J connectivity index is 2.30. The van der Waals surface area contributed by atoms with Gasteiger partial charge in [0.2, 0.25) is 10.0 Å². The molecular weight excluding hydrogens is 308 g/mol. The Morgan fingerprint density at radius 3 is 2.57 bits per heavy atom. The lowest BCUT2D eigenvalue weighted by molar-refractivity contribution is 0.557. The van der Waals surface area contributed by atoms with Crippen molar-refractivity contribution in [1.29, 1.82) is 0 Å². The molecule has 1 aromatic carbocycles. The number of hydrogen-bond donors (Lipinski definition) is 2. The van der Waals surface area contributed by atoms with E-state index in [0.717, 1.165) is 36.9 Å². The molecule has 0 aliphatic heterocycles. The van der Waals surface area contributed by atoms with Crippen LogP contribution in [0.1, 0.15) is 44.2 Å². The van der Waals surface area contributed by atoms with Gasteiger partial charge in [-0.1, -0.05) is 18.5 Å². The smallest absolute Gasteiger partial charge is 0.241 e. The van der Waals surface area contributed by atoms with E-state index in [-0.39, 0.29) is 10.4 Å². The van der Waals surface area contributed by atoms with Crippen LogP contribution in [-0.2, 0) is 16.6 Å². The Morgan fingerprint density at radius 2 is 2.00 bits per heavy atom. The molecule has 2 N–H and O–H groups in total. The average molecular weight is 331 g/mol. The molecule has 21 heavy (non-hydrogen) atoms. The molecule has 0 spiro atoms. The van der Waals surface area contributed by atoms with E-state index in [0.29, 0.717) is 11.6 Å². The Morgan fingerprint density at radius 1 is 1.33 bits per heavy atom. The number of rotatable bonds is 7. The van der Waals surface area contributed by atoms with Gasteiger partial charge >= 0.3 is 0 Å². The van der Waals surface area contributed by atoms with E-state index in [1.807, 2.05) is 19.9 Å². The Hall–Kier alpha value is -0.620. The van der Waals surface area contributed by atoms with Gasteiger partial charge in [0, 0.05) is 17.1 Å². The molecule has 0 aromatic heterocycles. The number of nitrogens with one attached hydrogen (secondary N) is 2. The molecule has 0 heterocycles. The predicted molar refractivity (Wildman–Crippen MR) is 86.1 cm³/mol. The normalized spacial score (nSPS) is 17.0. The van der Waals surface area contributed by atoms with Crippen LogP contribution in [0.2, 0.25) is 5.02 Å². The SMILES string of the molecule is CCCNCc1cc(Cl)cc(S(=O)(=O)NC2(C)CC2)c1C. The molecule has 2 rings (SSSR count). The zero-order valence-corrected chi connectivity index (χ0v) is 14.4. The fourth-order valence-corrected chi connectivity index (χ4v) is 4.32. The maximum atomic E-state index is 12.6. The van der Waals surface area contributed by atoms with Crippen molar-refractivity contribution in [3.8, 4) is 0 Å².